The molecule has 0 aliphatic heterocycles. The molecule has 0 saturated heterocycles. The van der Waals surface area contributed by atoms with Crippen molar-refractivity contribution >= 4 is 102 Å². The van der Waals surface area contributed by atoms with Gasteiger partial charge in [-0.1, -0.05) is 115 Å². The minimum absolute atomic E-state index is 0. The molecule has 0 N–H and O–H groups in total. The number of pyridine rings is 3. The van der Waals surface area contributed by atoms with Crippen molar-refractivity contribution < 1.29 is 19.5 Å². The Labute approximate surface area is 302 Å². The van der Waals surface area contributed by atoms with Gasteiger partial charge in [-0.25, -0.2) is 0 Å². The van der Waals surface area contributed by atoms with E-state index in [4.69, 9.17) is 9.97 Å². The monoisotopic (exact) mass is 707 g/mol. The van der Waals surface area contributed by atoms with E-state index < -0.39 is 0 Å². The van der Waals surface area contributed by atoms with Crippen molar-refractivity contribution in [2.45, 2.75) is 0 Å². The predicted octanol–water partition coefficient (Wildman–Crippen LogP) is 10.6. The number of fused-ring (bicyclic) bond motifs is 14. The first-order valence-corrected chi connectivity index (χ1v) is 17.0. The van der Waals surface area contributed by atoms with Crippen molar-refractivity contribution in [1.29, 1.82) is 0 Å². The molecule has 0 radical (unpaired) electrons. The fourth-order valence-electron chi connectivity index (χ4n) is 7.12. The Morgan fingerprint density at radius 2 is 1.20 bits per heavy atom. The molecule has 7 heteroatoms. The van der Waals surface area contributed by atoms with Crippen molar-refractivity contribution in [3.8, 4) is 0 Å². The Kier molecular flexibility index (Phi) is 7.46. The van der Waals surface area contributed by atoms with E-state index >= 15 is 0 Å². The second kappa shape index (κ2) is 12.3. The summed E-state index contributed by atoms with van der Waals surface area (Å²) in [5.74, 6) is 0.706. The molecule has 0 saturated carbocycles. The third kappa shape index (κ3) is 4.81. The molecule has 0 aliphatic carbocycles. The van der Waals surface area contributed by atoms with E-state index in [9.17, 15) is 0 Å². The molecule has 11 aromatic rings. The minimum atomic E-state index is 0. The smallest absolute Gasteiger partial charge is 0.656 e. The van der Waals surface area contributed by atoms with E-state index in [1.54, 1.807) is 12.4 Å². The molecule has 5 nitrogen and oxygen atoms in total. The topological polar surface area (TPSA) is 66.3 Å². The molecule has 11 rings (SSSR count). The zero-order valence-electron chi connectivity index (χ0n) is 26.8. The van der Waals surface area contributed by atoms with Crippen LogP contribution < -0.4 is 15.5 Å². The number of thiophene rings is 1. The number of nitrogens with zero attached hydrogens (tertiary/aromatic N) is 5. The molecular formula is C43H25N5SZn. The maximum atomic E-state index is 5.11. The number of aromatic nitrogens is 4. The standard InChI is InChI=1S/C25H13N2S.C18H12N3.Zn/c1-2-7-15-14(6-1)16-11-12-19-23(24-20(28-19)10-5-13-26-24)22(16)25-21(15)17-8-3-4-9-18(17)27-25;1-3-7-15-13(5-1)9-11-19-17(15)21-18-16-8-4-2-6-14(16)10-12-20-18;/h1-13H;1-12H;/q2*-1;+2. The van der Waals surface area contributed by atoms with E-state index in [2.05, 4.69) is 93.8 Å². The molecule has 6 aromatic carbocycles. The molecule has 0 spiro atoms. The molecule has 0 amide bonds. The van der Waals surface area contributed by atoms with Crippen molar-refractivity contribution in [3.63, 3.8) is 0 Å². The summed E-state index contributed by atoms with van der Waals surface area (Å²) in [7, 11) is 0. The van der Waals surface area contributed by atoms with Crippen LogP contribution in [-0.2, 0) is 19.5 Å². The van der Waals surface area contributed by atoms with Crippen molar-refractivity contribution in [1.82, 2.24) is 19.9 Å². The Hall–Kier alpha value is -5.75. The van der Waals surface area contributed by atoms with E-state index in [-0.39, 0.29) is 19.5 Å². The van der Waals surface area contributed by atoms with Gasteiger partial charge in [-0.05, 0) is 78.2 Å². The molecule has 50 heavy (non-hydrogen) atoms. The van der Waals surface area contributed by atoms with Gasteiger partial charge in [-0.2, -0.15) is 0 Å². The molecule has 5 aromatic heterocycles. The van der Waals surface area contributed by atoms with Crippen LogP contribution in [0.4, 0.5) is 5.82 Å². The maximum Gasteiger partial charge on any atom is 2.00 e. The van der Waals surface area contributed by atoms with E-state index in [0.29, 0.717) is 11.3 Å². The third-order valence-corrected chi connectivity index (χ3v) is 10.4. The summed E-state index contributed by atoms with van der Waals surface area (Å²) >= 11 is 1.81. The average molecular weight is 709 g/mol. The molecule has 0 bridgehead atoms. The Morgan fingerprint density at radius 1 is 0.500 bits per heavy atom. The van der Waals surface area contributed by atoms with Gasteiger partial charge >= 0.3 is 19.5 Å². The van der Waals surface area contributed by atoms with Crippen LogP contribution in [0, 0.1) is 0 Å². The van der Waals surface area contributed by atoms with Crippen LogP contribution in [0.1, 0.15) is 0 Å². The van der Waals surface area contributed by atoms with Gasteiger partial charge in [0.15, 0.2) is 0 Å². The maximum absolute atomic E-state index is 5.11. The SMILES string of the molecule is [Zn+2].c1ccc2c(N=c3[n-]ccc4ccccc34)nccc2c1.c1ccc2c(c1)[n-]c1c2c2ccccc2c2ccc3sc4cccnc4c3c21. The largest absolute Gasteiger partial charge is 2.00 e. The summed E-state index contributed by atoms with van der Waals surface area (Å²) in [5.41, 5.74) is 3.93. The van der Waals surface area contributed by atoms with Gasteiger partial charge in [0.25, 0.3) is 0 Å². The van der Waals surface area contributed by atoms with Crippen LogP contribution >= 0.6 is 11.3 Å². The summed E-state index contributed by atoms with van der Waals surface area (Å²) in [5, 5.41) is 13.1. The first-order chi connectivity index (χ1) is 24.3. The molecule has 5 heterocycles. The van der Waals surface area contributed by atoms with Crippen molar-refractivity contribution in [3.05, 3.63) is 158 Å². The van der Waals surface area contributed by atoms with Crippen LogP contribution in [-0.4, -0.2) is 9.97 Å². The Bertz CT molecular complexity index is 3130. The number of para-hydroxylation sites is 1. The fraction of sp³-hybridized carbons (Fsp3) is 0. The molecule has 0 fully saturated rings. The fourth-order valence-corrected chi connectivity index (χ4v) is 8.19. The Balaban J connectivity index is 0.000000138. The molecule has 0 aliphatic rings. The van der Waals surface area contributed by atoms with Gasteiger partial charge in [0.05, 0.1) is 16.0 Å². The van der Waals surface area contributed by atoms with Gasteiger partial charge in [0.1, 0.15) is 0 Å². The zero-order chi connectivity index (χ0) is 32.3. The van der Waals surface area contributed by atoms with Crippen LogP contribution in [0.15, 0.2) is 157 Å². The van der Waals surface area contributed by atoms with Crippen LogP contribution in [0.2, 0.25) is 0 Å². The quantitative estimate of drug-likeness (QED) is 0.126. The summed E-state index contributed by atoms with van der Waals surface area (Å²) in [4.78, 5) is 23.3. The van der Waals surface area contributed by atoms with Crippen LogP contribution in [0.5, 0.6) is 0 Å². The molecule has 0 unspecified atom stereocenters. The Morgan fingerprint density at radius 3 is 2.06 bits per heavy atom. The number of rotatable bonds is 1. The first kappa shape index (κ1) is 30.3. The van der Waals surface area contributed by atoms with Gasteiger partial charge in [-0.3, -0.25) is 9.97 Å². The van der Waals surface area contributed by atoms with Crippen LogP contribution in [0.3, 0.4) is 0 Å². The summed E-state index contributed by atoms with van der Waals surface area (Å²) < 4.78 is 2.49. The van der Waals surface area contributed by atoms with Gasteiger partial charge in [-0.15, -0.1) is 22.4 Å². The predicted molar refractivity (Wildman–Crippen MR) is 205 cm³/mol. The molecular weight excluding hydrogens is 684 g/mol. The molecule has 230 valence electrons. The summed E-state index contributed by atoms with van der Waals surface area (Å²) in [6.45, 7) is 0. The van der Waals surface area contributed by atoms with E-state index in [1.807, 2.05) is 72.1 Å². The normalized spacial score (nSPS) is 12.0. The van der Waals surface area contributed by atoms with Crippen molar-refractivity contribution in [2.24, 2.45) is 4.99 Å². The zero-order valence-corrected chi connectivity index (χ0v) is 30.6. The van der Waals surface area contributed by atoms with Gasteiger partial charge in [0.2, 0.25) is 0 Å². The second-order valence-electron chi connectivity index (χ2n) is 12.0. The third-order valence-electron chi connectivity index (χ3n) is 9.28. The summed E-state index contributed by atoms with van der Waals surface area (Å²) in [6, 6.07) is 46.0. The number of hydrogen-bond donors (Lipinski definition) is 0. The van der Waals surface area contributed by atoms with E-state index in [1.165, 1.54) is 47.1 Å². The summed E-state index contributed by atoms with van der Waals surface area (Å²) in [6.07, 6.45) is 5.46. The number of hydrogen-bond acceptors (Lipinski definition) is 4. The van der Waals surface area contributed by atoms with Crippen molar-refractivity contribution in [2.75, 3.05) is 0 Å². The average Bonchev–Trinajstić information content (AvgIpc) is 3.75. The first-order valence-electron chi connectivity index (χ1n) is 16.2. The minimum Gasteiger partial charge on any atom is -0.656 e. The second-order valence-corrected chi connectivity index (χ2v) is 13.1. The van der Waals surface area contributed by atoms with Gasteiger partial charge < -0.3 is 15.0 Å². The van der Waals surface area contributed by atoms with E-state index in [0.717, 1.165) is 38.1 Å². The van der Waals surface area contributed by atoms with Gasteiger partial charge in [0, 0.05) is 27.9 Å². The number of benzene rings is 6. The molecule has 0 atom stereocenters. The van der Waals surface area contributed by atoms with Crippen LogP contribution in [0.25, 0.3) is 85.2 Å².